The summed E-state index contributed by atoms with van der Waals surface area (Å²) < 4.78 is 40.9. The molecular formula is C17H9FN4O3S. The first-order valence-electron chi connectivity index (χ1n) is 7.33. The van der Waals surface area contributed by atoms with Crippen LogP contribution in [0.3, 0.4) is 0 Å². The second-order valence-electron chi connectivity index (χ2n) is 5.43. The zero-order valence-corrected chi connectivity index (χ0v) is 13.8. The van der Waals surface area contributed by atoms with E-state index < -0.39 is 21.6 Å². The van der Waals surface area contributed by atoms with E-state index in [0.717, 1.165) is 22.4 Å². The Morgan fingerprint density at radius 3 is 2.58 bits per heavy atom. The van der Waals surface area contributed by atoms with Crippen LogP contribution >= 0.6 is 0 Å². The largest absolute Gasteiger partial charge is 0.504 e. The standard InChI is InChI=1S/C17H9FN4O3S/c18-10-6-12-15-14(9-20-13(7-19)16(15)23)22(17(12)21-8-10)26(24,25)11-4-2-1-3-5-11/h1-6,8-9,23H. The predicted molar refractivity (Wildman–Crippen MR) is 90.4 cm³/mol. The van der Waals surface area contributed by atoms with Crippen LogP contribution < -0.4 is 0 Å². The first-order valence-corrected chi connectivity index (χ1v) is 8.77. The normalized spacial score (nSPS) is 11.7. The van der Waals surface area contributed by atoms with Gasteiger partial charge in [0.15, 0.2) is 17.1 Å². The van der Waals surface area contributed by atoms with E-state index in [1.54, 1.807) is 24.3 Å². The zero-order valence-electron chi connectivity index (χ0n) is 13.0. The van der Waals surface area contributed by atoms with Gasteiger partial charge in [0.25, 0.3) is 10.0 Å². The Morgan fingerprint density at radius 2 is 1.88 bits per heavy atom. The summed E-state index contributed by atoms with van der Waals surface area (Å²) in [5.74, 6) is -1.23. The Balaban J connectivity index is 2.23. The Hall–Kier alpha value is -3.51. The van der Waals surface area contributed by atoms with Crippen molar-refractivity contribution >= 4 is 32.0 Å². The fraction of sp³-hybridized carbons (Fsp3) is 0. The molecule has 0 saturated carbocycles. The summed E-state index contributed by atoms with van der Waals surface area (Å²) in [5.41, 5.74) is -0.367. The maximum atomic E-state index is 13.7. The summed E-state index contributed by atoms with van der Waals surface area (Å²) in [6, 6.07) is 10.4. The minimum absolute atomic E-state index is 0.00143. The minimum atomic E-state index is -4.10. The number of hydrogen-bond donors (Lipinski definition) is 1. The van der Waals surface area contributed by atoms with Crippen LogP contribution in [-0.4, -0.2) is 27.5 Å². The van der Waals surface area contributed by atoms with Crippen molar-refractivity contribution in [1.29, 1.82) is 5.26 Å². The molecule has 1 N–H and O–H groups in total. The van der Waals surface area contributed by atoms with Crippen molar-refractivity contribution in [2.75, 3.05) is 0 Å². The molecule has 1 aromatic carbocycles. The van der Waals surface area contributed by atoms with Crippen LogP contribution in [0.1, 0.15) is 5.69 Å². The molecule has 0 radical (unpaired) electrons. The van der Waals surface area contributed by atoms with Crippen molar-refractivity contribution in [2.45, 2.75) is 4.90 Å². The molecule has 7 nitrogen and oxygen atoms in total. The van der Waals surface area contributed by atoms with Crippen LogP contribution in [0.2, 0.25) is 0 Å². The smallest absolute Gasteiger partial charge is 0.269 e. The van der Waals surface area contributed by atoms with Gasteiger partial charge in [-0.2, -0.15) is 5.26 Å². The number of fused-ring (bicyclic) bond motifs is 3. The van der Waals surface area contributed by atoms with Crippen molar-refractivity contribution in [3.63, 3.8) is 0 Å². The SMILES string of the molecule is N#Cc1ncc2c(c1O)c1cc(F)cnc1n2S(=O)(=O)c1ccccc1. The number of rotatable bonds is 2. The highest BCUT2D eigenvalue weighted by Gasteiger charge is 2.27. The van der Waals surface area contributed by atoms with Gasteiger partial charge < -0.3 is 5.11 Å². The molecule has 4 aromatic rings. The molecule has 0 bridgehead atoms. The average molecular weight is 368 g/mol. The first kappa shape index (κ1) is 16.0. The maximum absolute atomic E-state index is 13.7. The number of benzene rings is 1. The van der Waals surface area contributed by atoms with Gasteiger partial charge in [0.1, 0.15) is 11.9 Å². The summed E-state index contributed by atoms with van der Waals surface area (Å²) in [6.07, 6.45) is 2.03. The molecule has 0 aliphatic heterocycles. The predicted octanol–water partition coefficient (Wildman–Crippen LogP) is 2.54. The molecule has 0 unspecified atom stereocenters. The van der Waals surface area contributed by atoms with Crippen molar-refractivity contribution in [1.82, 2.24) is 13.9 Å². The molecule has 0 saturated heterocycles. The number of pyridine rings is 2. The molecule has 3 aromatic heterocycles. The number of nitriles is 1. The van der Waals surface area contributed by atoms with E-state index in [-0.39, 0.29) is 32.5 Å². The van der Waals surface area contributed by atoms with E-state index >= 15 is 0 Å². The van der Waals surface area contributed by atoms with Crippen LogP contribution in [0.25, 0.3) is 21.9 Å². The molecule has 26 heavy (non-hydrogen) atoms. The van der Waals surface area contributed by atoms with Gasteiger partial charge in [-0.05, 0) is 18.2 Å². The highest BCUT2D eigenvalue weighted by molar-refractivity contribution is 7.90. The van der Waals surface area contributed by atoms with E-state index in [4.69, 9.17) is 5.26 Å². The molecule has 0 spiro atoms. The summed E-state index contributed by atoms with van der Waals surface area (Å²) >= 11 is 0. The third kappa shape index (κ3) is 2.13. The minimum Gasteiger partial charge on any atom is -0.504 e. The van der Waals surface area contributed by atoms with E-state index in [1.165, 1.54) is 12.1 Å². The lowest BCUT2D eigenvalue weighted by Crippen LogP contribution is -2.13. The Bertz CT molecular complexity index is 1330. The topological polar surface area (TPSA) is 109 Å². The third-order valence-electron chi connectivity index (χ3n) is 3.93. The Morgan fingerprint density at radius 1 is 1.15 bits per heavy atom. The number of halogens is 1. The number of nitrogens with zero attached hydrogens (tertiary/aromatic N) is 4. The molecule has 0 fully saturated rings. The van der Waals surface area contributed by atoms with Gasteiger partial charge in [-0.25, -0.2) is 26.7 Å². The van der Waals surface area contributed by atoms with E-state index in [1.807, 2.05) is 0 Å². The van der Waals surface area contributed by atoms with Gasteiger partial charge in [0.05, 0.1) is 28.2 Å². The molecule has 0 aliphatic rings. The molecule has 0 atom stereocenters. The van der Waals surface area contributed by atoms with E-state index in [9.17, 15) is 17.9 Å². The molecule has 128 valence electrons. The van der Waals surface area contributed by atoms with Gasteiger partial charge >= 0.3 is 0 Å². The monoisotopic (exact) mass is 368 g/mol. The fourth-order valence-electron chi connectivity index (χ4n) is 2.83. The van der Waals surface area contributed by atoms with Gasteiger partial charge in [-0.15, -0.1) is 0 Å². The lowest BCUT2D eigenvalue weighted by molar-refractivity contribution is 0.477. The van der Waals surface area contributed by atoms with Crippen molar-refractivity contribution in [2.24, 2.45) is 0 Å². The van der Waals surface area contributed by atoms with Crippen LogP contribution in [0.5, 0.6) is 5.75 Å². The van der Waals surface area contributed by atoms with Crippen molar-refractivity contribution in [3.8, 4) is 11.8 Å². The lowest BCUT2D eigenvalue weighted by Gasteiger charge is -2.08. The lowest BCUT2D eigenvalue weighted by atomic mass is 10.2. The molecule has 9 heteroatoms. The molecular weight excluding hydrogens is 359 g/mol. The second kappa shape index (κ2) is 5.50. The first-order chi connectivity index (χ1) is 12.4. The van der Waals surface area contributed by atoms with Gasteiger partial charge in [0, 0.05) is 5.39 Å². The van der Waals surface area contributed by atoms with Gasteiger partial charge in [-0.3, -0.25) is 0 Å². The van der Waals surface area contributed by atoms with Crippen LogP contribution in [0.4, 0.5) is 4.39 Å². The summed E-state index contributed by atoms with van der Waals surface area (Å²) in [6.45, 7) is 0. The Labute approximate surface area is 146 Å². The number of hydrogen-bond acceptors (Lipinski definition) is 6. The van der Waals surface area contributed by atoms with E-state index in [2.05, 4.69) is 9.97 Å². The van der Waals surface area contributed by atoms with Gasteiger partial charge in [-0.1, -0.05) is 18.2 Å². The average Bonchev–Trinajstić information content (AvgIpc) is 2.97. The van der Waals surface area contributed by atoms with Crippen molar-refractivity contribution < 1.29 is 17.9 Å². The van der Waals surface area contributed by atoms with Crippen LogP contribution in [-0.2, 0) is 10.0 Å². The highest BCUT2D eigenvalue weighted by atomic mass is 32.2. The van der Waals surface area contributed by atoms with E-state index in [0.29, 0.717) is 0 Å². The molecule has 0 aliphatic carbocycles. The Kier molecular flexibility index (Phi) is 3.38. The fourth-order valence-corrected chi connectivity index (χ4v) is 4.31. The highest BCUT2D eigenvalue weighted by Crippen LogP contribution is 2.37. The quantitative estimate of drug-likeness (QED) is 0.582. The third-order valence-corrected chi connectivity index (χ3v) is 5.65. The zero-order chi connectivity index (χ0) is 18.5. The summed E-state index contributed by atoms with van der Waals surface area (Å²) in [4.78, 5) is 7.68. The van der Waals surface area contributed by atoms with Crippen LogP contribution in [0.15, 0.2) is 53.7 Å². The summed E-state index contributed by atoms with van der Waals surface area (Å²) in [5, 5.41) is 19.5. The molecule has 0 amide bonds. The number of aromatic nitrogens is 3. The summed E-state index contributed by atoms with van der Waals surface area (Å²) in [7, 11) is -4.10. The van der Waals surface area contributed by atoms with Gasteiger partial charge in [0.2, 0.25) is 0 Å². The van der Waals surface area contributed by atoms with Crippen molar-refractivity contribution in [3.05, 3.63) is 60.3 Å². The number of aromatic hydroxyl groups is 1. The van der Waals surface area contributed by atoms with Crippen LogP contribution in [0, 0.1) is 17.1 Å². The maximum Gasteiger partial charge on any atom is 0.269 e. The second-order valence-corrected chi connectivity index (χ2v) is 7.22. The molecule has 3 heterocycles. The molecule has 4 rings (SSSR count).